The van der Waals surface area contributed by atoms with Crippen LogP contribution >= 0.6 is 0 Å². The number of nitrogens with zero attached hydrogens (tertiary/aromatic N) is 3. The van der Waals surface area contributed by atoms with E-state index in [0.717, 1.165) is 39.0 Å². The average Bonchev–Trinajstić information content (AvgIpc) is 3.25. The second-order valence-electron chi connectivity index (χ2n) is 6.56. The van der Waals surface area contributed by atoms with Gasteiger partial charge in [0.15, 0.2) is 0 Å². The van der Waals surface area contributed by atoms with E-state index in [1.54, 1.807) is 6.92 Å². The van der Waals surface area contributed by atoms with Crippen LogP contribution in [-0.2, 0) is 4.79 Å². The van der Waals surface area contributed by atoms with Crippen LogP contribution in [0.4, 0.5) is 0 Å². The van der Waals surface area contributed by atoms with Crippen molar-refractivity contribution in [2.45, 2.75) is 38.3 Å². The predicted octanol–water partition coefficient (Wildman–Crippen LogP) is -0.207. The fourth-order valence-electron chi connectivity index (χ4n) is 2.92. The Kier molecular flexibility index (Phi) is 5.20. The third-order valence-electron chi connectivity index (χ3n) is 4.38. The molecule has 0 aromatic rings. The number of amides is 1. The molecule has 1 saturated heterocycles. The van der Waals surface area contributed by atoms with E-state index in [4.69, 9.17) is 0 Å². The van der Waals surface area contributed by atoms with Gasteiger partial charge in [0.1, 0.15) is 5.54 Å². The number of carbonyl (C=O) groups is 1. The van der Waals surface area contributed by atoms with Crippen molar-refractivity contribution in [2.75, 3.05) is 39.3 Å². The van der Waals surface area contributed by atoms with Crippen molar-refractivity contribution in [1.82, 2.24) is 15.1 Å². The molecule has 1 saturated carbocycles. The largest absolute Gasteiger partial charge is 0.392 e. The molecule has 2 aliphatic rings. The van der Waals surface area contributed by atoms with Gasteiger partial charge in [-0.15, -0.1) is 0 Å². The van der Waals surface area contributed by atoms with E-state index in [2.05, 4.69) is 21.2 Å². The number of hydrogen-bond donors (Lipinski definition) is 2. The highest BCUT2D eigenvalue weighted by Crippen LogP contribution is 2.39. The molecule has 6 heteroatoms. The highest BCUT2D eigenvalue weighted by molar-refractivity contribution is 5.79. The van der Waals surface area contributed by atoms with Crippen molar-refractivity contribution in [3.8, 4) is 6.07 Å². The molecule has 1 aliphatic heterocycles. The normalized spacial score (nSPS) is 24.9. The van der Waals surface area contributed by atoms with Gasteiger partial charge in [0, 0.05) is 32.7 Å². The molecule has 2 atom stereocenters. The summed E-state index contributed by atoms with van der Waals surface area (Å²) >= 11 is 0. The Morgan fingerprint density at radius 3 is 2.43 bits per heavy atom. The topological polar surface area (TPSA) is 79.6 Å². The monoisotopic (exact) mass is 294 g/mol. The van der Waals surface area contributed by atoms with Crippen LogP contribution < -0.4 is 5.32 Å². The van der Waals surface area contributed by atoms with Gasteiger partial charge < -0.3 is 10.4 Å². The van der Waals surface area contributed by atoms with Crippen LogP contribution in [0.2, 0.25) is 0 Å². The number of piperazine rings is 1. The van der Waals surface area contributed by atoms with Crippen LogP contribution in [0.15, 0.2) is 0 Å². The highest BCUT2D eigenvalue weighted by atomic mass is 16.3. The maximum absolute atomic E-state index is 12.1. The molecule has 6 nitrogen and oxygen atoms in total. The average molecular weight is 294 g/mol. The first-order valence-corrected chi connectivity index (χ1v) is 7.78. The van der Waals surface area contributed by atoms with E-state index in [-0.39, 0.29) is 12.0 Å². The maximum Gasteiger partial charge on any atom is 0.235 e. The lowest BCUT2D eigenvalue weighted by molar-refractivity contribution is -0.124. The van der Waals surface area contributed by atoms with E-state index < -0.39 is 5.54 Å². The highest BCUT2D eigenvalue weighted by Gasteiger charge is 2.43. The van der Waals surface area contributed by atoms with Crippen LogP contribution in [0.25, 0.3) is 0 Å². The van der Waals surface area contributed by atoms with E-state index in [0.29, 0.717) is 19.0 Å². The molecule has 1 amide bonds. The van der Waals surface area contributed by atoms with Crippen LogP contribution in [0.3, 0.4) is 0 Å². The van der Waals surface area contributed by atoms with Crippen molar-refractivity contribution in [1.29, 1.82) is 5.26 Å². The Bertz CT molecular complexity index is 408. The number of aliphatic hydroxyl groups excluding tert-OH is 1. The summed E-state index contributed by atoms with van der Waals surface area (Å²) in [5.41, 5.74) is -0.703. The summed E-state index contributed by atoms with van der Waals surface area (Å²) in [6.45, 7) is 8.05. The molecule has 0 aromatic carbocycles. The lowest BCUT2D eigenvalue weighted by atomic mass is 9.98. The van der Waals surface area contributed by atoms with Gasteiger partial charge in [-0.25, -0.2) is 0 Å². The zero-order valence-electron chi connectivity index (χ0n) is 13.0. The van der Waals surface area contributed by atoms with Gasteiger partial charge in [-0.2, -0.15) is 5.26 Å². The number of rotatable bonds is 6. The first-order chi connectivity index (χ1) is 9.93. The van der Waals surface area contributed by atoms with E-state index >= 15 is 0 Å². The summed E-state index contributed by atoms with van der Waals surface area (Å²) in [5, 5.41) is 21.5. The number of β-amino-alcohol motifs (C(OH)–C–C–N with tert-alkyl or cyclic N) is 1. The summed E-state index contributed by atoms with van der Waals surface area (Å²) < 4.78 is 0. The molecule has 1 aliphatic carbocycles. The Balaban J connectivity index is 1.73. The smallest absolute Gasteiger partial charge is 0.235 e. The third kappa shape index (κ3) is 4.67. The molecular formula is C15H26N4O2. The van der Waals surface area contributed by atoms with Gasteiger partial charge in [-0.05, 0) is 32.6 Å². The summed E-state index contributed by atoms with van der Waals surface area (Å²) in [7, 11) is 0. The Labute approximate surface area is 126 Å². The van der Waals surface area contributed by atoms with Crippen LogP contribution in [0, 0.1) is 17.2 Å². The molecule has 21 heavy (non-hydrogen) atoms. The minimum Gasteiger partial charge on any atom is -0.392 e. The van der Waals surface area contributed by atoms with Crippen molar-refractivity contribution in [3.05, 3.63) is 0 Å². The molecule has 2 unspecified atom stereocenters. The number of nitrogens with one attached hydrogen (secondary N) is 1. The van der Waals surface area contributed by atoms with Crippen molar-refractivity contribution in [2.24, 2.45) is 5.92 Å². The number of aliphatic hydroxyl groups is 1. The van der Waals surface area contributed by atoms with E-state index in [9.17, 15) is 15.2 Å². The van der Waals surface area contributed by atoms with E-state index in [1.807, 2.05) is 6.92 Å². The Morgan fingerprint density at radius 1 is 1.38 bits per heavy atom. The quantitative estimate of drug-likeness (QED) is 0.709. The molecule has 2 rings (SSSR count). The lowest BCUT2D eigenvalue weighted by Gasteiger charge is -2.35. The standard InChI is InChI=1S/C15H26N4O2/c1-12(20)9-18-5-7-19(8-6-18)10-14(21)17-15(2,11-16)13-3-4-13/h12-13,20H,3-10H2,1-2H3,(H,17,21). The van der Waals surface area contributed by atoms with E-state index in [1.165, 1.54) is 0 Å². The summed E-state index contributed by atoms with van der Waals surface area (Å²) in [4.78, 5) is 16.4. The van der Waals surface area contributed by atoms with Gasteiger partial charge in [-0.1, -0.05) is 0 Å². The molecule has 0 bridgehead atoms. The molecule has 2 fully saturated rings. The van der Waals surface area contributed by atoms with Gasteiger partial charge in [0.05, 0.1) is 18.7 Å². The van der Waals surface area contributed by atoms with Crippen molar-refractivity contribution < 1.29 is 9.90 Å². The Hall–Kier alpha value is -1.16. The van der Waals surface area contributed by atoms with Crippen LogP contribution in [0.5, 0.6) is 0 Å². The summed E-state index contributed by atoms with van der Waals surface area (Å²) in [6, 6.07) is 2.25. The molecule has 0 aromatic heterocycles. The van der Waals surface area contributed by atoms with Gasteiger partial charge in [-0.3, -0.25) is 14.6 Å². The summed E-state index contributed by atoms with van der Waals surface area (Å²) in [5.74, 6) is 0.254. The first-order valence-electron chi connectivity index (χ1n) is 7.78. The third-order valence-corrected chi connectivity index (χ3v) is 4.38. The van der Waals surface area contributed by atoms with Gasteiger partial charge in [0.25, 0.3) is 0 Å². The number of nitriles is 1. The molecule has 2 N–H and O–H groups in total. The lowest BCUT2D eigenvalue weighted by Crippen LogP contribution is -2.54. The predicted molar refractivity (Wildman–Crippen MR) is 79.4 cm³/mol. The maximum atomic E-state index is 12.1. The van der Waals surface area contributed by atoms with Gasteiger partial charge >= 0.3 is 0 Å². The second-order valence-corrected chi connectivity index (χ2v) is 6.56. The fourth-order valence-corrected chi connectivity index (χ4v) is 2.92. The SMILES string of the molecule is CC(O)CN1CCN(CC(=O)NC(C)(C#N)C2CC2)CC1. The number of carbonyl (C=O) groups excluding carboxylic acids is 1. The Morgan fingerprint density at radius 2 is 1.95 bits per heavy atom. The number of hydrogen-bond acceptors (Lipinski definition) is 5. The van der Waals surface area contributed by atoms with Crippen LogP contribution in [0.1, 0.15) is 26.7 Å². The second kappa shape index (κ2) is 6.73. The first kappa shape index (κ1) is 16.2. The molecule has 0 radical (unpaired) electrons. The minimum absolute atomic E-state index is 0.0603. The molecule has 0 spiro atoms. The van der Waals surface area contributed by atoms with Crippen LogP contribution in [-0.4, -0.2) is 71.7 Å². The zero-order chi connectivity index (χ0) is 15.5. The minimum atomic E-state index is -0.703. The molecule has 1 heterocycles. The molecular weight excluding hydrogens is 268 g/mol. The zero-order valence-corrected chi connectivity index (χ0v) is 13.0. The van der Waals surface area contributed by atoms with Crippen molar-refractivity contribution >= 4 is 5.91 Å². The van der Waals surface area contributed by atoms with Gasteiger partial charge in [0.2, 0.25) is 5.91 Å². The summed E-state index contributed by atoms with van der Waals surface area (Å²) in [6.07, 6.45) is 1.75. The van der Waals surface area contributed by atoms with Crippen molar-refractivity contribution in [3.63, 3.8) is 0 Å². The molecule has 118 valence electrons. The fraction of sp³-hybridized carbons (Fsp3) is 0.867.